The Hall–Kier alpha value is -1.16. The third-order valence-electron chi connectivity index (χ3n) is 3.05. The van der Waals surface area contributed by atoms with Gasteiger partial charge < -0.3 is 10.1 Å². The lowest BCUT2D eigenvalue weighted by molar-refractivity contribution is 0.107. The highest BCUT2D eigenvalue weighted by atomic mass is 19.1. The molecule has 1 aromatic rings. The smallest absolute Gasteiger partial charge is 0.146 e. The fourth-order valence-corrected chi connectivity index (χ4v) is 2.02. The van der Waals surface area contributed by atoms with Crippen molar-refractivity contribution in [2.45, 2.75) is 32.3 Å². The molecule has 2 nitrogen and oxygen atoms in total. The molecule has 0 bridgehead atoms. The maximum atomic E-state index is 13.5. The molecule has 1 aromatic carbocycles. The van der Waals surface area contributed by atoms with Crippen LogP contribution in [-0.2, 0) is 4.74 Å². The van der Waals surface area contributed by atoms with Crippen LogP contribution in [0.3, 0.4) is 0 Å². The van der Waals surface area contributed by atoms with Gasteiger partial charge in [0.05, 0.1) is 11.8 Å². The molecule has 0 saturated carbocycles. The second-order valence-electron chi connectivity index (χ2n) is 4.43. The molecule has 1 aliphatic heterocycles. The molecular weight excluding hydrogens is 224 g/mol. The van der Waals surface area contributed by atoms with Crippen molar-refractivity contribution in [3.8, 4) is 0 Å². The summed E-state index contributed by atoms with van der Waals surface area (Å²) in [6.45, 7) is 2.97. The van der Waals surface area contributed by atoms with Gasteiger partial charge in [-0.05, 0) is 37.8 Å². The van der Waals surface area contributed by atoms with Gasteiger partial charge in [-0.2, -0.15) is 0 Å². The van der Waals surface area contributed by atoms with Crippen molar-refractivity contribution in [1.82, 2.24) is 0 Å². The van der Waals surface area contributed by atoms with Crippen LogP contribution in [0.25, 0.3) is 0 Å². The number of hydrogen-bond acceptors (Lipinski definition) is 2. The summed E-state index contributed by atoms with van der Waals surface area (Å²) in [6.07, 6.45) is 3.25. The average Bonchev–Trinajstić information content (AvgIpc) is 2.78. The number of ether oxygens (including phenoxy) is 1. The first-order valence-corrected chi connectivity index (χ1v) is 5.98. The summed E-state index contributed by atoms with van der Waals surface area (Å²) in [5.41, 5.74) is 0.554. The highest BCUT2D eigenvalue weighted by Gasteiger charge is 2.15. The van der Waals surface area contributed by atoms with E-state index in [9.17, 15) is 8.78 Å². The predicted octanol–water partition coefficient (Wildman–Crippen LogP) is 3.25. The quantitative estimate of drug-likeness (QED) is 0.873. The number of hydrogen-bond donors (Lipinski definition) is 1. The zero-order valence-electron chi connectivity index (χ0n) is 9.93. The summed E-state index contributed by atoms with van der Waals surface area (Å²) >= 11 is 0. The SMILES string of the molecule is Cc1cc(F)c(NCCC2CCCO2)cc1F. The number of benzene rings is 1. The molecule has 1 N–H and O–H groups in total. The first kappa shape index (κ1) is 12.3. The van der Waals surface area contributed by atoms with E-state index in [1.54, 1.807) is 6.92 Å². The zero-order valence-corrected chi connectivity index (χ0v) is 9.93. The summed E-state index contributed by atoms with van der Waals surface area (Å²) in [4.78, 5) is 0. The molecule has 1 saturated heterocycles. The van der Waals surface area contributed by atoms with Gasteiger partial charge in [-0.25, -0.2) is 8.78 Å². The van der Waals surface area contributed by atoms with Gasteiger partial charge in [-0.15, -0.1) is 0 Å². The van der Waals surface area contributed by atoms with Crippen LogP contribution in [0.15, 0.2) is 12.1 Å². The van der Waals surface area contributed by atoms with Gasteiger partial charge in [0.15, 0.2) is 0 Å². The molecule has 0 aromatic heterocycles. The van der Waals surface area contributed by atoms with Crippen LogP contribution in [0.5, 0.6) is 0 Å². The van der Waals surface area contributed by atoms with Crippen LogP contribution >= 0.6 is 0 Å². The summed E-state index contributed by atoms with van der Waals surface area (Å²) in [7, 11) is 0. The molecule has 0 spiro atoms. The lowest BCUT2D eigenvalue weighted by atomic mass is 10.1. The second-order valence-corrected chi connectivity index (χ2v) is 4.43. The number of aryl methyl sites for hydroxylation is 1. The van der Waals surface area contributed by atoms with E-state index in [0.717, 1.165) is 25.9 Å². The van der Waals surface area contributed by atoms with E-state index in [0.29, 0.717) is 12.1 Å². The van der Waals surface area contributed by atoms with Gasteiger partial charge >= 0.3 is 0 Å². The minimum Gasteiger partial charge on any atom is -0.382 e. The molecule has 1 unspecified atom stereocenters. The summed E-state index contributed by atoms with van der Waals surface area (Å²) in [5, 5.41) is 2.91. The van der Waals surface area contributed by atoms with E-state index in [2.05, 4.69) is 5.32 Å². The van der Waals surface area contributed by atoms with E-state index in [-0.39, 0.29) is 17.6 Å². The number of anilines is 1. The predicted molar refractivity (Wildman–Crippen MR) is 63.2 cm³/mol. The third kappa shape index (κ3) is 3.16. The van der Waals surface area contributed by atoms with Gasteiger partial charge in [0.2, 0.25) is 0 Å². The van der Waals surface area contributed by atoms with Crippen LogP contribution in [0.4, 0.5) is 14.5 Å². The van der Waals surface area contributed by atoms with Crippen molar-refractivity contribution in [3.63, 3.8) is 0 Å². The van der Waals surface area contributed by atoms with Gasteiger partial charge in [-0.3, -0.25) is 0 Å². The maximum absolute atomic E-state index is 13.5. The first-order chi connectivity index (χ1) is 8.16. The van der Waals surface area contributed by atoms with Crippen molar-refractivity contribution >= 4 is 5.69 Å². The van der Waals surface area contributed by atoms with Gasteiger partial charge in [0, 0.05) is 19.2 Å². The fourth-order valence-electron chi connectivity index (χ4n) is 2.02. The summed E-state index contributed by atoms with van der Waals surface area (Å²) in [5.74, 6) is -0.790. The molecule has 17 heavy (non-hydrogen) atoms. The Kier molecular flexibility index (Phi) is 3.94. The fraction of sp³-hybridized carbons (Fsp3) is 0.538. The number of halogens is 2. The van der Waals surface area contributed by atoms with Crippen molar-refractivity contribution in [2.75, 3.05) is 18.5 Å². The van der Waals surface area contributed by atoms with Gasteiger partial charge in [0.1, 0.15) is 11.6 Å². The highest BCUT2D eigenvalue weighted by molar-refractivity contribution is 5.46. The summed E-state index contributed by atoms with van der Waals surface area (Å²) < 4.78 is 32.2. The monoisotopic (exact) mass is 241 g/mol. The Labute approximate surface area is 100.0 Å². The van der Waals surface area contributed by atoms with E-state index >= 15 is 0 Å². The molecular formula is C13H17F2NO. The Morgan fingerprint density at radius 3 is 2.88 bits per heavy atom. The van der Waals surface area contributed by atoms with Crippen molar-refractivity contribution < 1.29 is 13.5 Å². The topological polar surface area (TPSA) is 21.3 Å². The van der Waals surface area contributed by atoms with Crippen LogP contribution in [0, 0.1) is 18.6 Å². The van der Waals surface area contributed by atoms with E-state index in [4.69, 9.17) is 4.74 Å². The van der Waals surface area contributed by atoms with Crippen LogP contribution < -0.4 is 5.32 Å². The van der Waals surface area contributed by atoms with E-state index in [1.807, 2.05) is 0 Å². The lowest BCUT2D eigenvalue weighted by Crippen LogP contribution is -2.13. The standard InChI is InChI=1S/C13H17F2NO/c1-9-7-12(15)13(8-11(9)14)16-5-4-10-3-2-6-17-10/h7-8,10,16H,2-6H2,1H3. The Balaban J connectivity index is 1.87. The minimum atomic E-state index is -0.406. The van der Waals surface area contributed by atoms with Gasteiger partial charge in [-0.1, -0.05) is 0 Å². The number of rotatable bonds is 4. The van der Waals surface area contributed by atoms with Gasteiger partial charge in [0.25, 0.3) is 0 Å². The highest BCUT2D eigenvalue weighted by Crippen LogP contribution is 2.20. The zero-order chi connectivity index (χ0) is 12.3. The molecule has 0 aliphatic carbocycles. The van der Waals surface area contributed by atoms with E-state index < -0.39 is 5.82 Å². The molecule has 1 atom stereocenters. The molecule has 1 heterocycles. The van der Waals surface area contributed by atoms with E-state index in [1.165, 1.54) is 12.1 Å². The lowest BCUT2D eigenvalue weighted by Gasteiger charge is -2.12. The van der Waals surface area contributed by atoms with Crippen LogP contribution in [0.1, 0.15) is 24.8 Å². The largest absolute Gasteiger partial charge is 0.382 e. The van der Waals surface area contributed by atoms with Crippen LogP contribution in [-0.4, -0.2) is 19.3 Å². The second kappa shape index (κ2) is 5.45. The Morgan fingerprint density at radius 1 is 1.35 bits per heavy atom. The maximum Gasteiger partial charge on any atom is 0.146 e. The first-order valence-electron chi connectivity index (χ1n) is 5.98. The molecule has 4 heteroatoms. The summed E-state index contributed by atoms with van der Waals surface area (Å²) in [6, 6.07) is 2.42. The van der Waals surface area contributed by atoms with Crippen molar-refractivity contribution in [2.24, 2.45) is 0 Å². The molecule has 2 rings (SSSR count). The third-order valence-corrected chi connectivity index (χ3v) is 3.05. The molecule has 0 radical (unpaired) electrons. The molecule has 94 valence electrons. The van der Waals surface area contributed by atoms with Crippen molar-refractivity contribution in [1.29, 1.82) is 0 Å². The van der Waals surface area contributed by atoms with Crippen molar-refractivity contribution in [3.05, 3.63) is 29.3 Å². The molecule has 1 aliphatic rings. The molecule has 1 fully saturated rings. The van der Waals surface area contributed by atoms with Crippen LogP contribution in [0.2, 0.25) is 0 Å². The number of nitrogens with one attached hydrogen (secondary N) is 1. The normalized spacial score (nSPS) is 19.6. The Morgan fingerprint density at radius 2 is 2.18 bits per heavy atom. The Bertz CT molecular complexity index is 389. The average molecular weight is 241 g/mol. The minimum absolute atomic E-state index is 0.228. The molecule has 0 amide bonds.